The monoisotopic (exact) mass is 312 g/mol. The molecule has 23 heavy (non-hydrogen) atoms. The minimum Gasteiger partial charge on any atom is -0.497 e. The minimum absolute atomic E-state index is 0.337. The van der Waals surface area contributed by atoms with E-state index in [0.717, 1.165) is 12.3 Å². The molecule has 4 rings (SSSR count). The van der Waals surface area contributed by atoms with Gasteiger partial charge < -0.3 is 9.30 Å². The second kappa shape index (κ2) is 5.27. The van der Waals surface area contributed by atoms with Crippen molar-refractivity contribution in [2.75, 3.05) is 20.2 Å². The molecule has 1 aromatic carbocycles. The van der Waals surface area contributed by atoms with Gasteiger partial charge in [-0.3, -0.25) is 4.90 Å². The first-order chi connectivity index (χ1) is 11.0. The topological polar surface area (TPSA) is 17.4 Å². The number of hydrogen-bond acceptors (Lipinski definition) is 2. The zero-order valence-corrected chi connectivity index (χ0v) is 14.9. The summed E-state index contributed by atoms with van der Waals surface area (Å²) in [7, 11) is 1.75. The van der Waals surface area contributed by atoms with Crippen LogP contribution in [0.15, 0.2) is 18.2 Å². The summed E-state index contributed by atoms with van der Waals surface area (Å²) in [6.45, 7) is 10.8. The van der Waals surface area contributed by atoms with Crippen LogP contribution in [-0.4, -0.2) is 29.7 Å². The number of likely N-dealkylation sites (tertiary alicyclic amines) is 1. The van der Waals surface area contributed by atoms with Crippen LogP contribution in [0.3, 0.4) is 0 Å². The van der Waals surface area contributed by atoms with Crippen LogP contribution in [0.1, 0.15) is 50.4 Å². The molecule has 1 saturated heterocycles. The molecule has 0 bridgehead atoms. The molecule has 0 spiro atoms. The maximum atomic E-state index is 5.46. The first kappa shape index (κ1) is 15.1. The molecule has 3 heteroatoms. The van der Waals surface area contributed by atoms with Gasteiger partial charge in [0.15, 0.2) is 0 Å². The molecule has 0 N–H and O–H groups in total. The first-order valence-electron chi connectivity index (χ1n) is 8.94. The summed E-state index contributed by atoms with van der Waals surface area (Å²) in [6, 6.07) is 7.09. The molecule has 2 aliphatic rings. The van der Waals surface area contributed by atoms with E-state index in [2.05, 4.69) is 48.4 Å². The number of nitrogens with zero attached hydrogens (tertiary/aromatic N) is 2. The van der Waals surface area contributed by atoms with E-state index in [9.17, 15) is 0 Å². The number of aromatic nitrogens is 1. The van der Waals surface area contributed by atoms with E-state index in [1.807, 2.05) is 0 Å². The second-order valence-electron chi connectivity index (χ2n) is 7.93. The number of rotatable bonds is 2. The highest BCUT2D eigenvalue weighted by molar-refractivity contribution is 5.87. The van der Waals surface area contributed by atoms with Crippen molar-refractivity contribution in [3.8, 4) is 5.75 Å². The van der Waals surface area contributed by atoms with Crippen LogP contribution < -0.4 is 4.74 Å². The van der Waals surface area contributed by atoms with Gasteiger partial charge in [-0.05, 0) is 68.5 Å². The summed E-state index contributed by atoms with van der Waals surface area (Å²) >= 11 is 0. The molecule has 1 fully saturated rings. The Morgan fingerprint density at radius 2 is 1.87 bits per heavy atom. The third-order valence-electron chi connectivity index (χ3n) is 6.06. The zero-order valence-electron chi connectivity index (χ0n) is 14.9. The summed E-state index contributed by atoms with van der Waals surface area (Å²) in [5.41, 5.74) is 4.71. The fraction of sp³-hybridized carbons (Fsp3) is 0.600. The van der Waals surface area contributed by atoms with Crippen molar-refractivity contribution >= 4 is 10.9 Å². The number of ether oxygens (including phenoxy) is 1. The smallest absolute Gasteiger partial charge is 0.119 e. The lowest BCUT2D eigenvalue weighted by molar-refractivity contribution is 0.0729. The standard InChI is InChI=1S/C20H28N2O/c1-14-16-13-15(23-4)7-8-17(16)22-12-9-20(2,3)19(18(14)22)21-10-5-6-11-21/h7-8,13,19H,5-6,9-12H2,1-4H3. The van der Waals surface area contributed by atoms with Crippen LogP contribution >= 0.6 is 0 Å². The van der Waals surface area contributed by atoms with Crippen molar-refractivity contribution in [3.05, 3.63) is 29.5 Å². The Kier molecular flexibility index (Phi) is 3.45. The van der Waals surface area contributed by atoms with Crippen LogP contribution in [0.25, 0.3) is 10.9 Å². The van der Waals surface area contributed by atoms with Gasteiger partial charge in [0, 0.05) is 23.1 Å². The predicted molar refractivity (Wildman–Crippen MR) is 95.2 cm³/mol. The van der Waals surface area contributed by atoms with Crippen molar-refractivity contribution in [2.24, 2.45) is 5.41 Å². The molecule has 0 radical (unpaired) electrons. The SMILES string of the molecule is COc1ccc2c(c1)c(C)c1n2CCC(C)(C)C1N1CCCC1. The Labute approximate surface area is 139 Å². The second-order valence-corrected chi connectivity index (χ2v) is 7.93. The van der Waals surface area contributed by atoms with Crippen LogP contribution in [0, 0.1) is 12.3 Å². The van der Waals surface area contributed by atoms with Crippen LogP contribution in [0.5, 0.6) is 5.75 Å². The molecule has 2 aromatic rings. The molecule has 124 valence electrons. The summed E-state index contributed by atoms with van der Waals surface area (Å²) in [5.74, 6) is 0.959. The molecule has 3 nitrogen and oxygen atoms in total. The fourth-order valence-electron chi connectivity index (χ4n) is 4.82. The maximum Gasteiger partial charge on any atom is 0.119 e. The Balaban J connectivity index is 1.93. The van der Waals surface area contributed by atoms with Gasteiger partial charge in [0.1, 0.15) is 5.75 Å². The normalized spacial score (nSPS) is 24.1. The Bertz CT molecular complexity index is 738. The summed E-state index contributed by atoms with van der Waals surface area (Å²) in [5, 5.41) is 1.36. The number of benzene rings is 1. The van der Waals surface area contributed by atoms with E-state index >= 15 is 0 Å². The lowest BCUT2D eigenvalue weighted by Crippen LogP contribution is -2.41. The summed E-state index contributed by atoms with van der Waals surface area (Å²) in [6.07, 6.45) is 3.94. The van der Waals surface area contributed by atoms with Gasteiger partial charge in [0.05, 0.1) is 13.2 Å². The van der Waals surface area contributed by atoms with E-state index in [1.54, 1.807) is 12.8 Å². The first-order valence-corrected chi connectivity index (χ1v) is 8.94. The van der Waals surface area contributed by atoms with E-state index in [-0.39, 0.29) is 0 Å². The van der Waals surface area contributed by atoms with E-state index in [0.29, 0.717) is 11.5 Å². The van der Waals surface area contributed by atoms with Crippen LogP contribution in [-0.2, 0) is 6.54 Å². The van der Waals surface area contributed by atoms with Gasteiger partial charge >= 0.3 is 0 Å². The van der Waals surface area contributed by atoms with Crippen molar-refractivity contribution in [1.29, 1.82) is 0 Å². The Morgan fingerprint density at radius 1 is 1.13 bits per heavy atom. The van der Waals surface area contributed by atoms with Gasteiger partial charge in [-0.25, -0.2) is 0 Å². The highest BCUT2D eigenvalue weighted by Gasteiger charge is 2.42. The van der Waals surface area contributed by atoms with Gasteiger partial charge in [-0.1, -0.05) is 13.8 Å². The predicted octanol–water partition coefficient (Wildman–Crippen LogP) is 4.53. The molecule has 0 aliphatic carbocycles. The Hall–Kier alpha value is -1.48. The lowest BCUT2D eigenvalue weighted by Gasteiger charge is -2.45. The lowest BCUT2D eigenvalue weighted by atomic mass is 9.75. The molecule has 1 unspecified atom stereocenters. The average Bonchev–Trinajstić information content (AvgIpc) is 3.14. The molecule has 1 aromatic heterocycles. The molecule has 3 heterocycles. The third kappa shape index (κ3) is 2.20. The van der Waals surface area contributed by atoms with E-state index in [4.69, 9.17) is 4.74 Å². The highest BCUT2D eigenvalue weighted by atomic mass is 16.5. The van der Waals surface area contributed by atoms with Gasteiger partial charge in [-0.2, -0.15) is 0 Å². The largest absolute Gasteiger partial charge is 0.497 e. The number of hydrogen-bond donors (Lipinski definition) is 0. The molecular weight excluding hydrogens is 284 g/mol. The molecular formula is C20H28N2O. The third-order valence-corrected chi connectivity index (χ3v) is 6.06. The fourth-order valence-corrected chi connectivity index (χ4v) is 4.82. The van der Waals surface area contributed by atoms with Crippen LogP contribution in [0.4, 0.5) is 0 Å². The quantitative estimate of drug-likeness (QED) is 0.811. The van der Waals surface area contributed by atoms with Gasteiger partial charge in [0.2, 0.25) is 0 Å². The van der Waals surface area contributed by atoms with Crippen molar-refractivity contribution in [2.45, 2.75) is 52.6 Å². The molecule has 1 atom stereocenters. The molecule has 0 amide bonds. The summed E-state index contributed by atoms with van der Waals surface area (Å²) < 4.78 is 8.04. The zero-order chi connectivity index (χ0) is 16.2. The average molecular weight is 312 g/mol. The van der Waals surface area contributed by atoms with Gasteiger partial charge in [0.25, 0.3) is 0 Å². The Morgan fingerprint density at radius 3 is 2.57 bits per heavy atom. The van der Waals surface area contributed by atoms with Crippen molar-refractivity contribution in [3.63, 3.8) is 0 Å². The van der Waals surface area contributed by atoms with Crippen molar-refractivity contribution in [1.82, 2.24) is 9.47 Å². The van der Waals surface area contributed by atoms with Gasteiger partial charge in [-0.15, -0.1) is 0 Å². The summed E-state index contributed by atoms with van der Waals surface area (Å²) in [4.78, 5) is 2.73. The maximum absolute atomic E-state index is 5.46. The minimum atomic E-state index is 0.337. The molecule has 0 saturated carbocycles. The van der Waals surface area contributed by atoms with Crippen molar-refractivity contribution < 1.29 is 4.74 Å². The number of fused-ring (bicyclic) bond motifs is 3. The molecule has 2 aliphatic heterocycles. The van der Waals surface area contributed by atoms with Crippen LogP contribution in [0.2, 0.25) is 0 Å². The number of methoxy groups -OCH3 is 1. The van der Waals surface area contributed by atoms with E-state index < -0.39 is 0 Å². The highest BCUT2D eigenvalue weighted by Crippen LogP contribution is 2.49. The number of aryl methyl sites for hydroxylation is 2. The van der Waals surface area contributed by atoms with E-state index in [1.165, 1.54) is 48.8 Å².